The number of halogens is 1. The van der Waals surface area contributed by atoms with Gasteiger partial charge in [0.1, 0.15) is 5.82 Å². The zero-order chi connectivity index (χ0) is 17.3. The van der Waals surface area contributed by atoms with Crippen molar-refractivity contribution in [2.24, 2.45) is 17.8 Å². The standard InChI is InChI=1S/C19H25FN2O2/c1-3-13-5-4-8-22(11-13)19(24)16-10-14(20)6-7-17(16)21-18(23)15-9-12(15)2/h6-7,10,12-13,15H,3-5,8-9,11H2,1-2H3,(H,21,23). The van der Waals surface area contributed by atoms with Gasteiger partial charge in [-0.25, -0.2) is 4.39 Å². The zero-order valence-electron chi connectivity index (χ0n) is 14.3. The van der Waals surface area contributed by atoms with Gasteiger partial charge in [-0.3, -0.25) is 9.59 Å². The molecule has 1 aromatic carbocycles. The number of piperidine rings is 1. The summed E-state index contributed by atoms with van der Waals surface area (Å²) < 4.78 is 13.7. The summed E-state index contributed by atoms with van der Waals surface area (Å²) in [6, 6.07) is 4.02. The minimum absolute atomic E-state index is 0.0115. The number of carbonyl (C=O) groups excluding carboxylic acids is 2. The molecular formula is C19H25FN2O2. The van der Waals surface area contributed by atoms with E-state index in [4.69, 9.17) is 0 Å². The number of nitrogens with one attached hydrogen (secondary N) is 1. The molecule has 1 aromatic rings. The molecule has 2 fully saturated rings. The number of nitrogens with zero attached hydrogens (tertiary/aromatic N) is 1. The summed E-state index contributed by atoms with van der Waals surface area (Å²) in [5, 5.41) is 2.82. The number of rotatable bonds is 4. The van der Waals surface area contributed by atoms with Gasteiger partial charge in [-0.2, -0.15) is 0 Å². The largest absolute Gasteiger partial charge is 0.338 e. The maximum atomic E-state index is 13.7. The molecule has 2 amide bonds. The van der Waals surface area contributed by atoms with E-state index in [2.05, 4.69) is 12.2 Å². The Morgan fingerprint density at radius 3 is 2.79 bits per heavy atom. The van der Waals surface area contributed by atoms with Gasteiger partial charge in [-0.1, -0.05) is 20.3 Å². The SMILES string of the molecule is CCC1CCCN(C(=O)c2cc(F)ccc2NC(=O)C2CC2C)C1. The number of carbonyl (C=O) groups is 2. The molecule has 0 bridgehead atoms. The lowest BCUT2D eigenvalue weighted by atomic mass is 9.95. The molecule has 1 aliphatic carbocycles. The van der Waals surface area contributed by atoms with E-state index >= 15 is 0 Å². The molecule has 0 aromatic heterocycles. The topological polar surface area (TPSA) is 49.4 Å². The summed E-state index contributed by atoms with van der Waals surface area (Å²) in [4.78, 5) is 26.9. The summed E-state index contributed by atoms with van der Waals surface area (Å²) in [6.07, 6.45) is 4.02. The van der Waals surface area contributed by atoms with Gasteiger partial charge in [0.05, 0.1) is 11.3 Å². The van der Waals surface area contributed by atoms with Crippen LogP contribution in [0.4, 0.5) is 10.1 Å². The van der Waals surface area contributed by atoms with Gasteiger partial charge in [-0.15, -0.1) is 0 Å². The summed E-state index contributed by atoms with van der Waals surface area (Å²) in [6.45, 7) is 5.56. The molecule has 1 aliphatic heterocycles. The molecule has 1 heterocycles. The zero-order valence-corrected chi connectivity index (χ0v) is 14.3. The van der Waals surface area contributed by atoms with Gasteiger partial charge in [0.25, 0.3) is 5.91 Å². The second-order valence-corrected chi connectivity index (χ2v) is 7.17. The van der Waals surface area contributed by atoms with Crippen molar-refractivity contribution in [1.82, 2.24) is 4.90 Å². The highest BCUT2D eigenvalue weighted by Gasteiger charge is 2.39. The van der Waals surface area contributed by atoms with Crippen molar-refractivity contribution >= 4 is 17.5 Å². The fraction of sp³-hybridized carbons (Fsp3) is 0.579. The molecule has 0 radical (unpaired) electrons. The first kappa shape index (κ1) is 16.9. The summed E-state index contributed by atoms with van der Waals surface area (Å²) >= 11 is 0. The highest BCUT2D eigenvalue weighted by molar-refractivity contribution is 6.04. The second-order valence-electron chi connectivity index (χ2n) is 7.17. The molecule has 24 heavy (non-hydrogen) atoms. The highest BCUT2D eigenvalue weighted by Crippen LogP contribution is 2.38. The summed E-state index contributed by atoms with van der Waals surface area (Å²) in [5.74, 6) is 0.177. The van der Waals surface area contributed by atoms with Crippen LogP contribution in [0.3, 0.4) is 0 Å². The third kappa shape index (κ3) is 3.60. The average molecular weight is 332 g/mol. The minimum atomic E-state index is -0.458. The highest BCUT2D eigenvalue weighted by atomic mass is 19.1. The van der Waals surface area contributed by atoms with Crippen LogP contribution in [-0.2, 0) is 4.79 Å². The molecule has 5 heteroatoms. The molecule has 1 saturated carbocycles. The number of likely N-dealkylation sites (tertiary alicyclic amines) is 1. The van der Waals surface area contributed by atoms with E-state index in [9.17, 15) is 14.0 Å². The van der Waals surface area contributed by atoms with Gasteiger partial charge in [-0.05, 0) is 49.3 Å². The lowest BCUT2D eigenvalue weighted by Gasteiger charge is -2.32. The normalized spacial score (nSPS) is 26.1. The van der Waals surface area contributed by atoms with E-state index in [1.165, 1.54) is 18.2 Å². The lowest BCUT2D eigenvalue weighted by molar-refractivity contribution is -0.117. The van der Waals surface area contributed by atoms with Gasteiger partial charge in [0.15, 0.2) is 0 Å². The Morgan fingerprint density at radius 2 is 2.12 bits per heavy atom. The van der Waals surface area contributed by atoms with Gasteiger partial charge in [0.2, 0.25) is 5.91 Å². The number of hydrogen-bond acceptors (Lipinski definition) is 2. The number of hydrogen-bond donors (Lipinski definition) is 1. The molecule has 1 N–H and O–H groups in total. The smallest absolute Gasteiger partial charge is 0.256 e. The predicted molar refractivity (Wildman–Crippen MR) is 91.2 cm³/mol. The van der Waals surface area contributed by atoms with Crippen LogP contribution in [0.15, 0.2) is 18.2 Å². The number of benzene rings is 1. The molecule has 2 aliphatic rings. The Morgan fingerprint density at radius 1 is 1.38 bits per heavy atom. The minimum Gasteiger partial charge on any atom is -0.338 e. The van der Waals surface area contributed by atoms with Crippen molar-refractivity contribution in [3.05, 3.63) is 29.6 Å². The van der Waals surface area contributed by atoms with Crippen LogP contribution in [0.5, 0.6) is 0 Å². The predicted octanol–water partition coefficient (Wildman–Crippen LogP) is 3.68. The van der Waals surface area contributed by atoms with Gasteiger partial charge < -0.3 is 10.2 Å². The van der Waals surface area contributed by atoms with E-state index in [0.717, 1.165) is 25.7 Å². The summed E-state index contributed by atoms with van der Waals surface area (Å²) in [5.41, 5.74) is 0.678. The lowest BCUT2D eigenvalue weighted by Crippen LogP contribution is -2.40. The fourth-order valence-corrected chi connectivity index (χ4v) is 3.47. The Labute approximate surface area is 142 Å². The number of anilines is 1. The monoisotopic (exact) mass is 332 g/mol. The molecule has 3 unspecified atom stereocenters. The third-order valence-corrected chi connectivity index (χ3v) is 5.30. The van der Waals surface area contributed by atoms with Gasteiger partial charge >= 0.3 is 0 Å². The molecule has 0 spiro atoms. The van der Waals surface area contributed by atoms with Crippen molar-refractivity contribution in [2.45, 2.75) is 39.5 Å². The Kier molecular flexibility index (Phi) is 4.88. The van der Waals surface area contributed by atoms with Crippen molar-refractivity contribution < 1.29 is 14.0 Å². The van der Waals surface area contributed by atoms with E-state index in [0.29, 0.717) is 30.6 Å². The van der Waals surface area contributed by atoms with Crippen LogP contribution in [0.1, 0.15) is 49.9 Å². The van der Waals surface area contributed by atoms with Crippen LogP contribution < -0.4 is 5.32 Å². The van der Waals surface area contributed by atoms with E-state index in [-0.39, 0.29) is 23.3 Å². The maximum Gasteiger partial charge on any atom is 0.256 e. The molecule has 3 rings (SSSR count). The molecule has 3 atom stereocenters. The third-order valence-electron chi connectivity index (χ3n) is 5.30. The van der Waals surface area contributed by atoms with Crippen molar-refractivity contribution in [1.29, 1.82) is 0 Å². The quantitative estimate of drug-likeness (QED) is 0.914. The first-order chi connectivity index (χ1) is 11.5. The molecule has 4 nitrogen and oxygen atoms in total. The Bertz CT molecular complexity index is 646. The Balaban J connectivity index is 1.79. The first-order valence-corrected chi connectivity index (χ1v) is 8.89. The van der Waals surface area contributed by atoms with Crippen molar-refractivity contribution in [2.75, 3.05) is 18.4 Å². The van der Waals surface area contributed by atoms with Crippen LogP contribution in [0, 0.1) is 23.6 Å². The van der Waals surface area contributed by atoms with Crippen molar-refractivity contribution in [3.63, 3.8) is 0 Å². The van der Waals surface area contributed by atoms with Gasteiger partial charge in [0, 0.05) is 19.0 Å². The van der Waals surface area contributed by atoms with Crippen molar-refractivity contribution in [3.8, 4) is 0 Å². The number of amides is 2. The van der Waals surface area contributed by atoms with E-state index in [1.807, 2.05) is 6.92 Å². The Hall–Kier alpha value is -1.91. The average Bonchev–Trinajstić information content (AvgIpc) is 3.32. The van der Waals surface area contributed by atoms with E-state index in [1.54, 1.807) is 4.90 Å². The van der Waals surface area contributed by atoms with Crippen LogP contribution in [0.2, 0.25) is 0 Å². The van der Waals surface area contributed by atoms with E-state index < -0.39 is 5.82 Å². The van der Waals surface area contributed by atoms with Crippen LogP contribution in [0.25, 0.3) is 0 Å². The first-order valence-electron chi connectivity index (χ1n) is 8.89. The van der Waals surface area contributed by atoms with Crippen LogP contribution >= 0.6 is 0 Å². The molecule has 130 valence electrons. The summed E-state index contributed by atoms with van der Waals surface area (Å²) in [7, 11) is 0. The van der Waals surface area contributed by atoms with Crippen LogP contribution in [-0.4, -0.2) is 29.8 Å². The second kappa shape index (κ2) is 6.91. The molecular weight excluding hydrogens is 307 g/mol. The fourth-order valence-electron chi connectivity index (χ4n) is 3.47. The maximum absolute atomic E-state index is 13.7. The molecule has 1 saturated heterocycles.